The second-order valence-corrected chi connectivity index (χ2v) is 4.08. The minimum absolute atomic E-state index is 0.0483. The first-order valence-electron chi connectivity index (χ1n) is 5.75. The van der Waals surface area contributed by atoms with Gasteiger partial charge in [0.05, 0.1) is 4.92 Å². The zero-order valence-corrected chi connectivity index (χ0v) is 10.9. The van der Waals surface area contributed by atoms with Crippen molar-refractivity contribution >= 4 is 17.5 Å². The van der Waals surface area contributed by atoms with E-state index in [0.717, 1.165) is 0 Å². The summed E-state index contributed by atoms with van der Waals surface area (Å²) in [7, 11) is 1.36. The number of nitrogens with two attached hydrogens (primary N) is 1. The van der Waals surface area contributed by atoms with Crippen LogP contribution in [-0.2, 0) is 20.7 Å². The zero-order valence-electron chi connectivity index (χ0n) is 10.9. The number of primary amides is 1. The summed E-state index contributed by atoms with van der Waals surface area (Å²) in [6.07, 6.45) is 0.156. The number of nitro groups is 1. The molecule has 108 valence electrons. The second-order valence-electron chi connectivity index (χ2n) is 4.08. The van der Waals surface area contributed by atoms with Crippen LogP contribution < -0.4 is 11.1 Å². The first kappa shape index (κ1) is 15.6. The van der Waals surface area contributed by atoms with Crippen LogP contribution >= 0.6 is 0 Å². The Kier molecular flexibility index (Phi) is 5.60. The molecule has 3 N–H and O–H groups in total. The first-order chi connectivity index (χ1) is 9.43. The average Bonchev–Trinajstić information content (AvgIpc) is 2.38. The number of ether oxygens (including phenoxy) is 1. The fourth-order valence-corrected chi connectivity index (χ4v) is 1.58. The highest BCUT2D eigenvalue weighted by atomic mass is 16.6. The summed E-state index contributed by atoms with van der Waals surface area (Å²) in [5.74, 6) is -1.15. The van der Waals surface area contributed by atoms with Gasteiger partial charge in [0.2, 0.25) is 11.8 Å². The number of benzene rings is 1. The molecule has 0 saturated heterocycles. The lowest BCUT2D eigenvalue weighted by Crippen LogP contribution is -2.46. The number of nitro benzene ring substituents is 1. The van der Waals surface area contributed by atoms with Gasteiger partial charge in [0, 0.05) is 25.7 Å². The molecule has 0 heterocycles. The Balaban J connectivity index is 2.72. The number of methoxy groups -OCH3 is 1. The number of non-ortho nitro benzene ring substituents is 1. The minimum Gasteiger partial charge on any atom is -0.375 e. The van der Waals surface area contributed by atoms with E-state index >= 15 is 0 Å². The first-order valence-corrected chi connectivity index (χ1v) is 5.75. The third-order valence-electron chi connectivity index (χ3n) is 2.54. The number of nitrogens with one attached hydrogen (secondary N) is 1. The molecule has 1 rings (SSSR count). The summed E-state index contributed by atoms with van der Waals surface area (Å²) < 4.78 is 4.64. The molecule has 0 radical (unpaired) electrons. The van der Waals surface area contributed by atoms with Crippen LogP contribution in [0.15, 0.2) is 24.3 Å². The van der Waals surface area contributed by atoms with Crippen LogP contribution in [0.3, 0.4) is 0 Å². The van der Waals surface area contributed by atoms with Crippen molar-refractivity contribution in [3.63, 3.8) is 0 Å². The quantitative estimate of drug-likeness (QED) is 0.527. The van der Waals surface area contributed by atoms with Crippen LogP contribution in [0.5, 0.6) is 0 Å². The van der Waals surface area contributed by atoms with Gasteiger partial charge in [-0.3, -0.25) is 19.7 Å². The summed E-state index contributed by atoms with van der Waals surface area (Å²) in [6, 6.07) is 4.78. The Morgan fingerprint density at radius 2 is 2.00 bits per heavy atom. The van der Waals surface area contributed by atoms with E-state index in [1.165, 1.54) is 31.4 Å². The van der Waals surface area contributed by atoms with E-state index in [0.29, 0.717) is 5.56 Å². The van der Waals surface area contributed by atoms with Crippen molar-refractivity contribution in [1.82, 2.24) is 5.32 Å². The van der Waals surface area contributed by atoms with Crippen molar-refractivity contribution < 1.29 is 19.2 Å². The Labute approximate surface area is 115 Å². The Morgan fingerprint density at radius 3 is 2.45 bits per heavy atom. The zero-order chi connectivity index (χ0) is 15.1. The molecule has 1 atom stereocenters. The average molecular weight is 281 g/mol. The standard InChI is InChI=1S/C12H15N3O5/c1-20-7-11(16)14-10(12(13)17)6-8-2-4-9(5-3-8)15(18)19/h2-5,10H,6-7H2,1H3,(H2,13,17)(H,14,16)/t10-/m1/s1. The van der Waals surface area contributed by atoms with Crippen molar-refractivity contribution in [2.75, 3.05) is 13.7 Å². The molecular formula is C12H15N3O5. The third-order valence-corrected chi connectivity index (χ3v) is 2.54. The molecule has 20 heavy (non-hydrogen) atoms. The molecule has 1 aromatic carbocycles. The lowest BCUT2D eigenvalue weighted by molar-refractivity contribution is -0.384. The number of amides is 2. The summed E-state index contributed by atoms with van der Waals surface area (Å²) in [5, 5.41) is 13.0. The Morgan fingerprint density at radius 1 is 1.40 bits per heavy atom. The fraction of sp³-hybridized carbons (Fsp3) is 0.333. The normalized spacial score (nSPS) is 11.7. The predicted octanol–water partition coefficient (Wildman–Crippen LogP) is -0.246. The highest BCUT2D eigenvalue weighted by Gasteiger charge is 2.18. The molecule has 0 bridgehead atoms. The van der Waals surface area contributed by atoms with Gasteiger partial charge in [0.1, 0.15) is 12.6 Å². The van der Waals surface area contributed by atoms with Crippen molar-refractivity contribution in [3.05, 3.63) is 39.9 Å². The van der Waals surface area contributed by atoms with Crippen LogP contribution in [0.1, 0.15) is 5.56 Å². The van der Waals surface area contributed by atoms with E-state index in [1.54, 1.807) is 0 Å². The largest absolute Gasteiger partial charge is 0.375 e. The topological polar surface area (TPSA) is 125 Å². The molecule has 2 amide bonds. The van der Waals surface area contributed by atoms with Crippen LogP contribution in [0.2, 0.25) is 0 Å². The van der Waals surface area contributed by atoms with E-state index in [-0.39, 0.29) is 18.7 Å². The molecule has 0 aliphatic rings. The summed E-state index contributed by atoms with van der Waals surface area (Å²) in [4.78, 5) is 32.6. The summed E-state index contributed by atoms with van der Waals surface area (Å²) in [5.41, 5.74) is 5.81. The highest BCUT2D eigenvalue weighted by molar-refractivity contribution is 5.87. The molecule has 0 aromatic heterocycles. The Bertz CT molecular complexity index is 500. The maximum atomic E-state index is 11.4. The van der Waals surface area contributed by atoms with E-state index < -0.39 is 22.8 Å². The number of carbonyl (C=O) groups is 2. The summed E-state index contributed by atoms with van der Waals surface area (Å²) in [6.45, 7) is -0.177. The molecule has 8 heteroatoms. The maximum absolute atomic E-state index is 11.4. The molecule has 8 nitrogen and oxygen atoms in total. The highest BCUT2D eigenvalue weighted by Crippen LogP contribution is 2.13. The number of hydrogen-bond donors (Lipinski definition) is 2. The van der Waals surface area contributed by atoms with Gasteiger partial charge >= 0.3 is 0 Å². The van der Waals surface area contributed by atoms with Crippen molar-refractivity contribution in [1.29, 1.82) is 0 Å². The number of hydrogen-bond acceptors (Lipinski definition) is 5. The van der Waals surface area contributed by atoms with Crippen LogP contribution in [0, 0.1) is 10.1 Å². The molecule has 1 aromatic rings. The van der Waals surface area contributed by atoms with Gasteiger partial charge in [0.25, 0.3) is 5.69 Å². The van der Waals surface area contributed by atoms with E-state index in [1.807, 2.05) is 0 Å². The van der Waals surface area contributed by atoms with E-state index in [9.17, 15) is 19.7 Å². The number of carbonyl (C=O) groups excluding carboxylic acids is 2. The molecule has 0 saturated carbocycles. The van der Waals surface area contributed by atoms with Gasteiger partial charge in [-0.15, -0.1) is 0 Å². The van der Waals surface area contributed by atoms with Crippen LogP contribution in [0.4, 0.5) is 5.69 Å². The Hall–Kier alpha value is -2.48. The third kappa shape index (κ3) is 4.65. The van der Waals surface area contributed by atoms with Crippen LogP contribution in [-0.4, -0.2) is 36.5 Å². The monoisotopic (exact) mass is 281 g/mol. The molecule has 0 fully saturated rings. The summed E-state index contributed by atoms with van der Waals surface area (Å²) >= 11 is 0. The van der Waals surface area contributed by atoms with Crippen LogP contribution in [0.25, 0.3) is 0 Å². The van der Waals surface area contributed by atoms with Gasteiger partial charge in [0.15, 0.2) is 0 Å². The minimum atomic E-state index is -0.890. The number of rotatable bonds is 7. The maximum Gasteiger partial charge on any atom is 0.269 e. The number of nitrogens with zero attached hydrogens (tertiary/aromatic N) is 1. The predicted molar refractivity (Wildman–Crippen MR) is 69.8 cm³/mol. The van der Waals surface area contributed by atoms with Gasteiger partial charge < -0.3 is 15.8 Å². The smallest absolute Gasteiger partial charge is 0.269 e. The van der Waals surface area contributed by atoms with Crippen molar-refractivity contribution in [2.45, 2.75) is 12.5 Å². The molecule has 0 aliphatic heterocycles. The second kappa shape index (κ2) is 7.19. The van der Waals surface area contributed by atoms with Crippen molar-refractivity contribution in [2.24, 2.45) is 5.73 Å². The molecule has 0 unspecified atom stereocenters. The van der Waals surface area contributed by atoms with Gasteiger partial charge in [-0.1, -0.05) is 12.1 Å². The molecule has 0 aliphatic carbocycles. The SMILES string of the molecule is COCC(=O)N[C@H](Cc1ccc([N+](=O)[O-])cc1)C(N)=O. The lowest BCUT2D eigenvalue weighted by Gasteiger charge is -2.15. The van der Waals surface area contributed by atoms with Crippen molar-refractivity contribution in [3.8, 4) is 0 Å². The molecule has 0 spiro atoms. The molecular weight excluding hydrogens is 266 g/mol. The fourth-order valence-electron chi connectivity index (χ4n) is 1.58. The van der Waals surface area contributed by atoms with E-state index in [4.69, 9.17) is 5.73 Å². The van der Waals surface area contributed by atoms with Gasteiger partial charge in [-0.25, -0.2) is 0 Å². The van der Waals surface area contributed by atoms with Gasteiger partial charge in [-0.2, -0.15) is 0 Å². The van der Waals surface area contributed by atoms with Gasteiger partial charge in [-0.05, 0) is 5.56 Å². The lowest BCUT2D eigenvalue weighted by atomic mass is 10.1. The van der Waals surface area contributed by atoms with E-state index in [2.05, 4.69) is 10.1 Å².